The quantitative estimate of drug-likeness (QED) is 0.577. The Balaban J connectivity index is 1.65. The smallest absolute Gasteiger partial charge is 0.291 e. The highest BCUT2D eigenvalue weighted by molar-refractivity contribution is 5.53. The average molecular weight is 307 g/mol. The van der Waals surface area contributed by atoms with E-state index in [1.165, 1.54) is 4.68 Å². The van der Waals surface area contributed by atoms with Crippen LogP contribution in [0.1, 0.15) is 11.4 Å². The molecule has 0 atom stereocenters. The van der Waals surface area contributed by atoms with E-state index in [0.717, 1.165) is 11.1 Å². The van der Waals surface area contributed by atoms with E-state index < -0.39 is 0 Å². The second-order valence-corrected chi connectivity index (χ2v) is 5.28. The minimum Gasteiger partial charge on any atom is -0.334 e. The van der Waals surface area contributed by atoms with Gasteiger partial charge < -0.3 is 8.92 Å². The summed E-state index contributed by atoms with van der Waals surface area (Å²) in [6.07, 6.45) is 3.36. The van der Waals surface area contributed by atoms with E-state index in [9.17, 15) is 4.79 Å². The summed E-state index contributed by atoms with van der Waals surface area (Å²) in [4.78, 5) is 16.6. The van der Waals surface area contributed by atoms with Gasteiger partial charge in [-0.15, -0.1) is 0 Å². The van der Waals surface area contributed by atoms with E-state index in [2.05, 4.69) is 15.2 Å². The topological polar surface area (TPSA) is 78.2 Å². The normalized spacial score (nSPS) is 11.2. The number of fused-ring (bicyclic) bond motifs is 1. The van der Waals surface area contributed by atoms with Crippen molar-refractivity contribution in [1.29, 1.82) is 0 Å². The molecule has 0 aliphatic heterocycles. The summed E-state index contributed by atoms with van der Waals surface area (Å²) in [5, 5.41) is 8.04. The Hall–Kier alpha value is -3.22. The molecular weight excluding hydrogens is 294 g/mol. The van der Waals surface area contributed by atoms with Crippen molar-refractivity contribution in [3.63, 3.8) is 0 Å². The SMILES string of the molecule is Cc1ccc(-c2nc(Cn3ncn4cccc4c3=O)no2)cc1. The van der Waals surface area contributed by atoms with E-state index in [4.69, 9.17) is 4.52 Å². The first-order valence-electron chi connectivity index (χ1n) is 7.13. The summed E-state index contributed by atoms with van der Waals surface area (Å²) in [6.45, 7) is 2.18. The molecule has 0 saturated carbocycles. The minimum absolute atomic E-state index is 0.163. The number of nitrogens with zero attached hydrogens (tertiary/aromatic N) is 5. The predicted molar refractivity (Wildman–Crippen MR) is 83.0 cm³/mol. The zero-order valence-corrected chi connectivity index (χ0v) is 12.4. The molecular formula is C16H13N5O2. The Morgan fingerprint density at radius 3 is 2.83 bits per heavy atom. The van der Waals surface area contributed by atoms with Crippen LogP contribution in [0.4, 0.5) is 0 Å². The third kappa shape index (κ3) is 2.42. The first-order valence-corrected chi connectivity index (χ1v) is 7.13. The molecule has 7 nitrogen and oxygen atoms in total. The van der Waals surface area contributed by atoms with Crippen LogP contribution in [0.5, 0.6) is 0 Å². The highest BCUT2D eigenvalue weighted by Gasteiger charge is 2.11. The summed E-state index contributed by atoms with van der Waals surface area (Å²) in [5.41, 5.74) is 2.36. The Labute approximate surface area is 130 Å². The maximum absolute atomic E-state index is 12.3. The molecule has 0 fully saturated rings. The van der Waals surface area contributed by atoms with E-state index >= 15 is 0 Å². The van der Waals surface area contributed by atoms with Crippen molar-refractivity contribution in [1.82, 2.24) is 24.3 Å². The lowest BCUT2D eigenvalue weighted by Crippen LogP contribution is -2.25. The Morgan fingerprint density at radius 2 is 2.00 bits per heavy atom. The van der Waals surface area contributed by atoms with Gasteiger partial charge in [0.2, 0.25) is 0 Å². The third-order valence-electron chi connectivity index (χ3n) is 3.61. The molecule has 23 heavy (non-hydrogen) atoms. The molecule has 0 N–H and O–H groups in total. The monoisotopic (exact) mass is 307 g/mol. The fourth-order valence-electron chi connectivity index (χ4n) is 2.36. The van der Waals surface area contributed by atoms with E-state index in [-0.39, 0.29) is 12.1 Å². The molecule has 3 heterocycles. The summed E-state index contributed by atoms with van der Waals surface area (Å²) >= 11 is 0. The van der Waals surface area contributed by atoms with E-state index in [1.807, 2.05) is 31.2 Å². The fourth-order valence-corrected chi connectivity index (χ4v) is 2.36. The molecule has 1 aromatic carbocycles. The van der Waals surface area contributed by atoms with Crippen LogP contribution in [0.2, 0.25) is 0 Å². The summed E-state index contributed by atoms with van der Waals surface area (Å²) in [7, 11) is 0. The fraction of sp³-hybridized carbons (Fsp3) is 0.125. The molecule has 0 aliphatic rings. The van der Waals surface area contributed by atoms with Crippen molar-refractivity contribution >= 4 is 5.52 Å². The lowest BCUT2D eigenvalue weighted by molar-refractivity contribution is 0.417. The predicted octanol–water partition coefficient (Wildman–Crippen LogP) is 1.90. The Kier molecular flexibility index (Phi) is 3.04. The standard InChI is InChI=1S/C16H13N5O2/c1-11-4-6-12(7-5-11)15-18-14(19-23-15)9-21-16(22)13-3-2-8-20(13)10-17-21/h2-8,10H,9H2,1H3. The Bertz CT molecular complexity index is 1030. The van der Waals surface area contributed by atoms with Crippen LogP contribution < -0.4 is 5.56 Å². The number of hydrogen-bond donors (Lipinski definition) is 0. The van der Waals surface area contributed by atoms with Crippen molar-refractivity contribution in [2.24, 2.45) is 0 Å². The van der Waals surface area contributed by atoms with Crippen molar-refractivity contribution < 1.29 is 4.52 Å². The lowest BCUT2D eigenvalue weighted by Gasteiger charge is -2.01. The largest absolute Gasteiger partial charge is 0.334 e. The summed E-state index contributed by atoms with van der Waals surface area (Å²) in [5.74, 6) is 0.836. The Morgan fingerprint density at radius 1 is 1.17 bits per heavy atom. The van der Waals surface area contributed by atoms with Crippen LogP contribution in [0.3, 0.4) is 0 Å². The van der Waals surface area contributed by atoms with E-state index in [1.54, 1.807) is 29.1 Å². The van der Waals surface area contributed by atoms with Gasteiger partial charge in [-0.25, -0.2) is 4.68 Å². The van der Waals surface area contributed by atoms with E-state index in [0.29, 0.717) is 17.2 Å². The van der Waals surface area contributed by atoms with Gasteiger partial charge in [0.1, 0.15) is 18.4 Å². The van der Waals surface area contributed by atoms with Crippen LogP contribution in [0.25, 0.3) is 17.0 Å². The molecule has 0 bridgehead atoms. The first kappa shape index (κ1) is 13.4. The van der Waals surface area contributed by atoms with Crippen molar-refractivity contribution in [3.8, 4) is 11.5 Å². The lowest BCUT2D eigenvalue weighted by atomic mass is 10.1. The number of hydrogen-bond acceptors (Lipinski definition) is 5. The molecule has 7 heteroatoms. The van der Waals surface area contributed by atoms with Gasteiger partial charge in [0.15, 0.2) is 5.82 Å². The van der Waals surface area contributed by atoms with Crippen LogP contribution in [-0.4, -0.2) is 24.3 Å². The van der Waals surface area contributed by atoms with Gasteiger partial charge in [0.25, 0.3) is 11.4 Å². The maximum Gasteiger partial charge on any atom is 0.291 e. The molecule has 0 aliphatic carbocycles. The number of aryl methyl sites for hydroxylation is 1. The number of rotatable bonds is 3. The molecule has 0 amide bonds. The minimum atomic E-state index is -0.195. The van der Waals surface area contributed by atoms with Crippen LogP contribution in [-0.2, 0) is 6.54 Å². The zero-order valence-electron chi connectivity index (χ0n) is 12.4. The van der Waals surface area contributed by atoms with Crippen LogP contribution in [0, 0.1) is 6.92 Å². The average Bonchev–Trinajstić information content (AvgIpc) is 3.20. The summed E-state index contributed by atoms with van der Waals surface area (Å²) < 4.78 is 8.26. The highest BCUT2D eigenvalue weighted by atomic mass is 16.5. The molecule has 0 unspecified atom stereocenters. The van der Waals surface area contributed by atoms with Gasteiger partial charge in [-0.2, -0.15) is 10.1 Å². The second kappa shape index (κ2) is 5.20. The number of benzene rings is 1. The molecule has 0 spiro atoms. The van der Waals surface area contributed by atoms with Crippen LogP contribution >= 0.6 is 0 Å². The van der Waals surface area contributed by atoms with Gasteiger partial charge in [0, 0.05) is 11.8 Å². The molecule has 3 aromatic heterocycles. The molecule has 4 aromatic rings. The number of aromatic nitrogens is 5. The van der Waals surface area contributed by atoms with Crippen molar-refractivity contribution in [3.05, 3.63) is 70.7 Å². The third-order valence-corrected chi connectivity index (χ3v) is 3.61. The first-order chi connectivity index (χ1) is 11.2. The van der Waals surface area contributed by atoms with Gasteiger partial charge >= 0.3 is 0 Å². The van der Waals surface area contributed by atoms with Gasteiger partial charge in [0.05, 0.1) is 0 Å². The molecule has 4 rings (SSSR count). The van der Waals surface area contributed by atoms with Gasteiger partial charge in [-0.1, -0.05) is 22.9 Å². The highest BCUT2D eigenvalue weighted by Crippen LogP contribution is 2.17. The molecule has 114 valence electrons. The van der Waals surface area contributed by atoms with Gasteiger partial charge in [-0.05, 0) is 31.2 Å². The van der Waals surface area contributed by atoms with Gasteiger partial charge in [-0.3, -0.25) is 4.79 Å². The summed E-state index contributed by atoms with van der Waals surface area (Å²) in [6, 6.07) is 11.3. The van der Waals surface area contributed by atoms with Crippen molar-refractivity contribution in [2.75, 3.05) is 0 Å². The van der Waals surface area contributed by atoms with Crippen molar-refractivity contribution in [2.45, 2.75) is 13.5 Å². The maximum atomic E-state index is 12.3. The molecule has 0 radical (unpaired) electrons. The van der Waals surface area contributed by atoms with Crippen LogP contribution in [0.15, 0.2) is 58.2 Å². The zero-order chi connectivity index (χ0) is 15.8. The molecule has 0 saturated heterocycles. The second-order valence-electron chi connectivity index (χ2n) is 5.28.